The number of aromatic amines is 1. The topological polar surface area (TPSA) is 67.6 Å². The Kier molecular flexibility index (Phi) is 1.72. The summed E-state index contributed by atoms with van der Waals surface area (Å²) in [5.74, 6) is 0.588. The Bertz CT molecular complexity index is 610. The van der Waals surface area contributed by atoms with Gasteiger partial charge in [0.25, 0.3) is 0 Å². The predicted octanol–water partition coefficient (Wildman–Crippen LogP) is 2.27. The minimum absolute atomic E-state index is 0.588. The Morgan fingerprint density at radius 2 is 2.27 bits per heavy atom. The fourth-order valence-electron chi connectivity index (χ4n) is 1.55. The number of H-pyrrole nitrogens is 1. The summed E-state index contributed by atoms with van der Waals surface area (Å²) in [5, 5.41) is 6.62. The van der Waals surface area contributed by atoms with Crippen molar-refractivity contribution in [2.75, 3.05) is 5.73 Å². The van der Waals surface area contributed by atoms with E-state index in [-0.39, 0.29) is 0 Å². The summed E-state index contributed by atoms with van der Waals surface area (Å²) in [6.45, 7) is 0. The maximum absolute atomic E-state index is 5.76. The Balaban J connectivity index is 2.23. The van der Waals surface area contributed by atoms with Crippen molar-refractivity contribution in [3.8, 4) is 11.1 Å². The highest BCUT2D eigenvalue weighted by Gasteiger charge is 2.05. The molecule has 15 heavy (non-hydrogen) atoms. The van der Waals surface area contributed by atoms with Gasteiger partial charge in [0.2, 0.25) is 0 Å². The summed E-state index contributed by atoms with van der Waals surface area (Å²) in [6.07, 6.45) is 1.73. The molecule has 0 aliphatic carbocycles. The molecule has 5 heteroatoms. The van der Waals surface area contributed by atoms with E-state index in [2.05, 4.69) is 21.2 Å². The van der Waals surface area contributed by atoms with Gasteiger partial charge in [-0.15, -0.1) is 11.3 Å². The van der Waals surface area contributed by atoms with E-state index in [0.29, 0.717) is 5.82 Å². The lowest BCUT2D eigenvalue weighted by atomic mass is 10.1. The zero-order valence-electron chi connectivity index (χ0n) is 7.77. The first-order valence-electron chi connectivity index (χ1n) is 4.47. The number of fused-ring (bicyclic) bond motifs is 1. The Labute approximate surface area is 89.8 Å². The summed E-state index contributed by atoms with van der Waals surface area (Å²) >= 11 is 1.63. The average Bonchev–Trinajstić information content (AvgIpc) is 2.84. The van der Waals surface area contributed by atoms with Gasteiger partial charge < -0.3 is 5.73 Å². The van der Waals surface area contributed by atoms with Crippen LogP contribution in [0.1, 0.15) is 0 Å². The summed E-state index contributed by atoms with van der Waals surface area (Å²) in [7, 11) is 0. The van der Waals surface area contributed by atoms with Gasteiger partial charge in [-0.2, -0.15) is 5.10 Å². The summed E-state index contributed by atoms with van der Waals surface area (Å²) in [5.41, 5.74) is 10.6. The highest BCUT2D eigenvalue weighted by Crippen LogP contribution is 2.27. The lowest BCUT2D eigenvalue weighted by Crippen LogP contribution is -1.87. The lowest BCUT2D eigenvalue weighted by molar-refractivity contribution is 1.10. The molecular formula is C10H8N4S. The van der Waals surface area contributed by atoms with Gasteiger partial charge in [0.15, 0.2) is 0 Å². The van der Waals surface area contributed by atoms with E-state index >= 15 is 0 Å². The van der Waals surface area contributed by atoms with Crippen molar-refractivity contribution in [1.29, 1.82) is 0 Å². The Morgan fingerprint density at radius 3 is 3.07 bits per heavy atom. The van der Waals surface area contributed by atoms with Crippen molar-refractivity contribution in [2.24, 2.45) is 0 Å². The highest BCUT2D eigenvalue weighted by atomic mass is 32.1. The quantitative estimate of drug-likeness (QED) is 0.655. The molecule has 2 aromatic heterocycles. The van der Waals surface area contributed by atoms with Gasteiger partial charge in [-0.05, 0) is 17.7 Å². The average molecular weight is 216 g/mol. The van der Waals surface area contributed by atoms with E-state index in [1.807, 2.05) is 17.6 Å². The highest BCUT2D eigenvalue weighted by molar-refractivity contribution is 7.16. The molecule has 4 nitrogen and oxygen atoms in total. The number of nitrogens with zero attached hydrogens (tertiary/aromatic N) is 2. The molecule has 74 valence electrons. The number of thiazole rings is 1. The Hall–Kier alpha value is -1.88. The van der Waals surface area contributed by atoms with Gasteiger partial charge in [0.05, 0.1) is 21.9 Å². The fraction of sp³-hybridized carbons (Fsp3) is 0. The molecule has 0 saturated carbocycles. The molecule has 0 unspecified atom stereocenters. The number of nitrogen functional groups attached to an aromatic ring is 1. The van der Waals surface area contributed by atoms with Crippen LogP contribution in [0.4, 0.5) is 5.82 Å². The van der Waals surface area contributed by atoms with Crippen LogP contribution >= 0.6 is 11.3 Å². The van der Waals surface area contributed by atoms with Gasteiger partial charge >= 0.3 is 0 Å². The lowest BCUT2D eigenvalue weighted by Gasteiger charge is -1.98. The summed E-state index contributed by atoms with van der Waals surface area (Å²) < 4.78 is 1.18. The monoisotopic (exact) mass is 216 g/mol. The molecule has 0 amide bonds. The second-order valence-electron chi connectivity index (χ2n) is 3.23. The van der Waals surface area contributed by atoms with E-state index < -0.39 is 0 Å². The summed E-state index contributed by atoms with van der Waals surface area (Å²) in [6, 6.07) is 6.10. The molecule has 0 saturated heterocycles. The van der Waals surface area contributed by atoms with Crippen LogP contribution in [-0.2, 0) is 0 Å². The number of nitrogens with one attached hydrogen (secondary N) is 1. The molecule has 0 spiro atoms. The number of benzene rings is 1. The molecular weight excluding hydrogens is 208 g/mol. The van der Waals surface area contributed by atoms with Crippen LogP contribution in [-0.4, -0.2) is 15.2 Å². The number of hydrogen-bond donors (Lipinski definition) is 2. The van der Waals surface area contributed by atoms with Crippen LogP contribution < -0.4 is 5.73 Å². The predicted molar refractivity (Wildman–Crippen MR) is 61.6 cm³/mol. The van der Waals surface area contributed by atoms with Crippen LogP contribution in [0.25, 0.3) is 21.3 Å². The zero-order chi connectivity index (χ0) is 10.3. The molecule has 3 aromatic rings. The molecule has 0 aliphatic rings. The van der Waals surface area contributed by atoms with Gasteiger partial charge in [0, 0.05) is 5.56 Å². The van der Waals surface area contributed by atoms with Gasteiger partial charge in [-0.1, -0.05) is 6.07 Å². The van der Waals surface area contributed by atoms with Gasteiger partial charge in [-0.25, -0.2) is 4.98 Å². The number of hydrogen-bond acceptors (Lipinski definition) is 4. The first-order valence-corrected chi connectivity index (χ1v) is 5.35. The van der Waals surface area contributed by atoms with Crippen molar-refractivity contribution in [1.82, 2.24) is 15.2 Å². The van der Waals surface area contributed by atoms with Crippen LogP contribution in [0, 0.1) is 0 Å². The molecule has 0 aliphatic heterocycles. The summed E-state index contributed by atoms with van der Waals surface area (Å²) in [4.78, 5) is 4.27. The Morgan fingerprint density at radius 1 is 1.33 bits per heavy atom. The third-order valence-electron chi connectivity index (χ3n) is 2.31. The largest absolute Gasteiger partial charge is 0.384 e. The van der Waals surface area contributed by atoms with E-state index in [9.17, 15) is 0 Å². The maximum Gasteiger partial charge on any atom is 0.126 e. The SMILES string of the molecule is Nc1[nH]ncc1-c1ccc2scnc2c1. The molecule has 2 heterocycles. The van der Waals surface area contributed by atoms with Crippen molar-refractivity contribution in [3.05, 3.63) is 29.9 Å². The van der Waals surface area contributed by atoms with E-state index in [1.54, 1.807) is 17.5 Å². The van der Waals surface area contributed by atoms with Crippen molar-refractivity contribution < 1.29 is 0 Å². The minimum Gasteiger partial charge on any atom is -0.384 e. The third-order valence-corrected chi connectivity index (χ3v) is 3.12. The third kappa shape index (κ3) is 1.28. The van der Waals surface area contributed by atoms with Crippen LogP contribution in [0.15, 0.2) is 29.9 Å². The zero-order valence-corrected chi connectivity index (χ0v) is 8.58. The van der Waals surface area contributed by atoms with Crippen LogP contribution in [0.3, 0.4) is 0 Å². The second-order valence-corrected chi connectivity index (χ2v) is 4.12. The van der Waals surface area contributed by atoms with Crippen LogP contribution in [0.2, 0.25) is 0 Å². The molecule has 0 bridgehead atoms. The van der Waals surface area contributed by atoms with E-state index in [1.165, 1.54) is 4.70 Å². The maximum atomic E-state index is 5.76. The normalized spacial score (nSPS) is 10.9. The molecule has 0 radical (unpaired) electrons. The first kappa shape index (κ1) is 8.43. The van der Waals surface area contributed by atoms with Crippen molar-refractivity contribution >= 4 is 27.4 Å². The standard InChI is InChI=1S/C10H8N4S/c11-10-7(4-13-14-10)6-1-2-9-8(3-6)12-5-15-9/h1-5H,(H3,11,13,14). The number of rotatable bonds is 1. The van der Waals surface area contributed by atoms with Crippen LogP contribution in [0.5, 0.6) is 0 Å². The van der Waals surface area contributed by atoms with Gasteiger partial charge in [-0.3, -0.25) is 5.10 Å². The fourth-order valence-corrected chi connectivity index (χ4v) is 2.21. The first-order chi connectivity index (χ1) is 7.34. The van der Waals surface area contributed by atoms with E-state index in [0.717, 1.165) is 16.6 Å². The minimum atomic E-state index is 0.588. The molecule has 0 fully saturated rings. The molecule has 3 rings (SSSR count). The number of nitrogens with two attached hydrogens (primary N) is 1. The van der Waals surface area contributed by atoms with Crippen molar-refractivity contribution in [2.45, 2.75) is 0 Å². The second kappa shape index (κ2) is 3.06. The number of aromatic nitrogens is 3. The molecule has 1 aromatic carbocycles. The van der Waals surface area contributed by atoms with E-state index in [4.69, 9.17) is 5.73 Å². The van der Waals surface area contributed by atoms with Gasteiger partial charge in [0.1, 0.15) is 5.82 Å². The van der Waals surface area contributed by atoms with Crippen molar-refractivity contribution in [3.63, 3.8) is 0 Å². The molecule has 3 N–H and O–H groups in total. The molecule has 0 atom stereocenters. The smallest absolute Gasteiger partial charge is 0.126 e. The number of anilines is 1.